The van der Waals surface area contributed by atoms with Crippen LogP contribution in [0.1, 0.15) is 110 Å². The van der Waals surface area contributed by atoms with Gasteiger partial charge in [-0.25, -0.2) is 0 Å². The average molecular weight is 423 g/mol. The van der Waals surface area contributed by atoms with Crippen LogP contribution < -0.4 is 0 Å². The first-order chi connectivity index (χ1) is 14.6. The maximum absolute atomic E-state index is 12.2. The Morgan fingerprint density at radius 1 is 1.07 bits per heavy atom. The van der Waals surface area contributed by atoms with Crippen LogP contribution in [0.2, 0.25) is 0 Å². The zero-order valence-electron chi connectivity index (χ0n) is 18.9. The quantitative estimate of drug-likeness (QED) is 0.251. The first-order valence-corrected chi connectivity index (χ1v) is 12.3. The lowest BCUT2D eigenvalue weighted by Crippen LogP contribution is -2.30. The lowest BCUT2D eigenvalue weighted by molar-refractivity contribution is -0.193. The van der Waals surface area contributed by atoms with Crippen molar-refractivity contribution in [2.75, 3.05) is 6.61 Å². The van der Waals surface area contributed by atoms with Gasteiger partial charge in [0.15, 0.2) is 6.29 Å². The smallest absolute Gasteiger partial charge is 0.303 e. The van der Waals surface area contributed by atoms with Crippen molar-refractivity contribution in [1.82, 2.24) is 0 Å². The van der Waals surface area contributed by atoms with E-state index in [0.717, 1.165) is 83.7 Å². The minimum Gasteiger partial charge on any atom is -0.481 e. The second-order valence-electron chi connectivity index (χ2n) is 8.94. The molecule has 1 aliphatic carbocycles. The van der Waals surface area contributed by atoms with Gasteiger partial charge in [0, 0.05) is 31.8 Å². The van der Waals surface area contributed by atoms with Gasteiger partial charge in [-0.1, -0.05) is 50.7 Å². The fourth-order valence-corrected chi connectivity index (χ4v) is 4.65. The number of allylic oxidation sites excluding steroid dienone is 1. The van der Waals surface area contributed by atoms with Gasteiger partial charge < -0.3 is 14.6 Å². The molecule has 2 aliphatic rings. The SMILES string of the molecule is CCCCCC(=O)CC=C1CCC(OC2CCCCO2)[C@@H]1CCCCCCC(=O)O. The number of carboxylic acids is 1. The fourth-order valence-electron chi connectivity index (χ4n) is 4.65. The predicted octanol–water partition coefficient (Wildman–Crippen LogP) is 6.20. The molecule has 1 saturated heterocycles. The van der Waals surface area contributed by atoms with Crippen molar-refractivity contribution in [3.05, 3.63) is 11.6 Å². The van der Waals surface area contributed by atoms with Gasteiger partial charge in [0.2, 0.25) is 0 Å². The van der Waals surface area contributed by atoms with Crippen molar-refractivity contribution < 1.29 is 24.2 Å². The third-order valence-corrected chi connectivity index (χ3v) is 6.41. The molecule has 30 heavy (non-hydrogen) atoms. The Balaban J connectivity index is 1.85. The van der Waals surface area contributed by atoms with Gasteiger partial charge in [0.1, 0.15) is 5.78 Å². The number of hydrogen-bond donors (Lipinski definition) is 1. The molecule has 0 amide bonds. The van der Waals surface area contributed by atoms with Crippen LogP contribution in [0, 0.1) is 5.92 Å². The molecule has 0 spiro atoms. The van der Waals surface area contributed by atoms with Gasteiger partial charge in [0.05, 0.1) is 6.10 Å². The molecule has 1 aliphatic heterocycles. The molecule has 3 atom stereocenters. The van der Waals surface area contributed by atoms with E-state index in [9.17, 15) is 9.59 Å². The third-order valence-electron chi connectivity index (χ3n) is 6.41. The first-order valence-electron chi connectivity index (χ1n) is 12.3. The van der Waals surface area contributed by atoms with E-state index in [0.29, 0.717) is 24.5 Å². The molecule has 172 valence electrons. The van der Waals surface area contributed by atoms with E-state index in [1.54, 1.807) is 0 Å². The molecule has 5 nitrogen and oxygen atoms in total. The Morgan fingerprint density at radius 2 is 1.87 bits per heavy atom. The summed E-state index contributed by atoms with van der Waals surface area (Å²) in [7, 11) is 0. The zero-order chi connectivity index (χ0) is 21.6. The van der Waals surface area contributed by atoms with Crippen LogP contribution in [0.4, 0.5) is 0 Å². The number of rotatable bonds is 15. The first kappa shape index (κ1) is 25.1. The molecule has 1 N–H and O–H groups in total. The lowest BCUT2D eigenvalue weighted by Gasteiger charge is -2.29. The van der Waals surface area contributed by atoms with Crippen LogP contribution in [0.15, 0.2) is 11.6 Å². The molecular formula is C25H42O5. The normalized spacial score (nSPS) is 25.6. The third kappa shape index (κ3) is 9.74. The highest BCUT2D eigenvalue weighted by molar-refractivity contribution is 5.79. The van der Waals surface area contributed by atoms with Crippen LogP contribution in [0.3, 0.4) is 0 Å². The zero-order valence-corrected chi connectivity index (χ0v) is 18.9. The van der Waals surface area contributed by atoms with E-state index in [-0.39, 0.29) is 18.8 Å². The van der Waals surface area contributed by atoms with Gasteiger partial charge in [-0.3, -0.25) is 9.59 Å². The van der Waals surface area contributed by atoms with Gasteiger partial charge in [-0.15, -0.1) is 0 Å². The largest absolute Gasteiger partial charge is 0.481 e. The molecular weight excluding hydrogens is 380 g/mol. The molecule has 0 radical (unpaired) electrons. The lowest BCUT2D eigenvalue weighted by atomic mass is 9.92. The summed E-state index contributed by atoms with van der Waals surface area (Å²) in [5, 5.41) is 8.78. The van der Waals surface area contributed by atoms with E-state index in [2.05, 4.69) is 13.0 Å². The predicted molar refractivity (Wildman–Crippen MR) is 118 cm³/mol. The maximum atomic E-state index is 12.2. The van der Waals surface area contributed by atoms with Crippen LogP contribution in [0.25, 0.3) is 0 Å². The topological polar surface area (TPSA) is 72.8 Å². The number of unbranched alkanes of at least 4 members (excludes halogenated alkanes) is 5. The van der Waals surface area contributed by atoms with Crippen molar-refractivity contribution in [2.24, 2.45) is 5.92 Å². The van der Waals surface area contributed by atoms with Crippen LogP contribution in [-0.2, 0) is 19.1 Å². The number of Topliss-reactive ketones (excluding diaryl/α,β-unsaturated/α-hetero) is 1. The number of carboxylic acid groups (broad SMARTS) is 1. The summed E-state index contributed by atoms with van der Waals surface area (Å²) in [4.78, 5) is 22.9. The Labute approximate surface area is 182 Å². The van der Waals surface area contributed by atoms with Crippen LogP contribution in [0.5, 0.6) is 0 Å². The summed E-state index contributed by atoms with van der Waals surface area (Å²) in [6.45, 7) is 2.95. The van der Waals surface area contributed by atoms with E-state index in [4.69, 9.17) is 14.6 Å². The number of ketones is 1. The number of aliphatic carboxylic acids is 1. The minimum atomic E-state index is -0.708. The van der Waals surface area contributed by atoms with Gasteiger partial charge >= 0.3 is 5.97 Å². The summed E-state index contributed by atoms with van der Waals surface area (Å²) in [5.74, 6) is 0.0161. The fraction of sp³-hybridized carbons (Fsp3) is 0.840. The second-order valence-corrected chi connectivity index (χ2v) is 8.94. The van der Waals surface area contributed by atoms with Crippen LogP contribution >= 0.6 is 0 Å². The van der Waals surface area contributed by atoms with E-state index in [1.165, 1.54) is 12.0 Å². The highest BCUT2D eigenvalue weighted by Crippen LogP contribution is 2.39. The highest BCUT2D eigenvalue weighted by Gasteiger charge is 2.34. The number of carbonyl (C=O) groups excluding carboxylic acids is 1. The molecule has 2 rings (SSSR count). The molecule has 2 fully saturated rings. The number of hydrogen-bond acceptors (Lipinski definition) is 4. The summed E-state index contributed by atoms with van der Waals surface area (Å²) >= 11 is 0. The maximum Gasteiger partial charge on any atom is 0.303 e. The molecule has 1 saturated carbocycles. The van der Waals surface area contributed by atoms with Crippen molar-refractivity contribution >= 4 is 11.8 Å². The van der Waals surface area contributed by atoms with Crippen molar-refractivity contribution in [1.29, 1.82) is 0 Å². The van der Waals surface area contributed by atoms with Gasteiger partial charge in [-0.2, -0.15) is 0 Å². The standard InChI is InChI=1S/C25H42O5/c1-2-3-6-11-21(26)17-15-20-16-18-23(30-25-14-9-10-19-29-25)22(20)12-7-4-5-8-13-24(27)28/h15,22-23,25H,2-14,16-19H2,1H3,(H,27,28)/t22-,23?,25?/m1/s1. The Kier molecular flexibility index (Phi) is 12.3. The second kappa shape index (κ2) is 14.7. The molecule has 5 heteroatoms. The average Bonchev–Trinajstić information content (AvgIpc) is 3.11. The Morgan fingerprint density at radius 3 is 2.60 bits per heavy atom. The van der Waals surface area contributed by atoms with Crippen molar-refractivity contribution in [3.63, 3.8) is 0 Å². The summed E-state index contributed by atoms with van der Waals surface area (Å²) < 4.78 is 12.2. The highest BCUT2D eigenvalue weighted by atomic mass is 16.7. The summed E-state index contributed by atoms with van der Waals surface area (Å²) in [5.41, 5.74) is 1.39. The van der Waals surface area contributed by atoms with E-state index in [1.807, 2.05) is 0 Å². The Hall–Kier alpha value is -1.20. The van der Waals surface area contributed by atoms with Gasteiger partial charge in [-0.05, 0) is 51.4 Å². The van der Waals surface area contributed by atoms with Crippen LogP contribution in [-0.4, -0.2) is 35.9 Å². The molecule has 1 heterocycles. The van der Waals surface area contributed by atoms with E-state index >= 15 is 0 Å². The monoisotopic (exact) mass is 422 g/mol. The van der Waals surface area contributed by atoms with Gasteiger partial charge in [0.25, 0.3) is 0 Å². The number of ether oxygens (including phenoxy) is 2. The van der Waals surface area contributed by atoms with E-state index < -0.39 is 5.97 Å². The molecule has 2 unspecified atom stereocenters. The summed E-state index contributed by atoms with van der Waals surface area (Å²) in [6.07, 6.45) is 17.3. The van der Waals surface area contributed by atoms with Crippen molar-refractivity contribution in [3.8, 4) is 0 Å². The minimum absolute atomic E-state index is 0.0724. The molecule has 0 bridgehead atoms. The molecule has 0 aromatic carbocycles. The Bertz CT molecular complexity index is 536. The number of carbonyl (C=O) groups is 2. The molecule has 0 aromatic rings. The summed E-state index contributed by atoms with van der Waals surface area (Å²) in [6, 6.07) is 0. The molecule has 0 aromatic heterocycles. The van der Waals surface area contributed by atoms with Crippen molar-refractivity contribution in [2.45, 2.75) is 122 Å².